The SMILES string of the molecule is CC1(C)CCc2c(C(F)(F)F)nn(-c3ccc(C(N)=O)c(NC4CCCCC4OC(=O)CN)c3)c2C1.CCc1nn(-c2cc(N[C@H]3CCC[C@@H]3O)c(C(N)=O)c(OC)c2)c2c1CCC(C)(C)C2.CS(=O)(=O)O. The van der Waals surface area contributed by atoms with E-state index in [1.54, 1.807) is 19.2 Å². The average Bonchev–Trinajstić information content (AvgIpc) is 3.99. The Morgan fingerprint density at radius 3 is 1.96 bits per heavy atom. The van der Waals surface area contributed by atoms with Gasteiger partial charge in [0.15, 0.2) is 5.69 Å². The van der Waals surface area contributed by atoms with E-state index in [0.29, 0.717) is 66.0 Å². The first kappa shape index (κ1) is 55.6. The van der Waals surface area contributed by atoms with Crippen LogP contribution in [0.3, 0.4) is 0 Å². The van der Waals surface area contributed by atoms with Gasteiger partial charge in [-0.1, -0.05) is 41.0 Å². The zero-order valence-corrected chi connectivity index (χ0v) is 42.9. The number of halogens is 3. The summed E-state index contributed by atoms with van der Waals surface area (Å²) in [6.07, 6.45) is 6.21. The van der Waals surface area contributed by atoms with E-state index in [2.05, 4.69) is 36.5 Å². The molecule has 18 nitrogen and oxygen atoms in total. The molecule has 4 aliphatic carbocycles. The summed E-state index contributed by atoms with van der Waals surface area (Å²) < 4.78 is 81.8. The largest absolute Gasteiger partial charge is 0.496 e. The second-order valence-corrected chi connectivity index (χ2v) is 22.2. The number of methoxy groups -OCH3 is 1. The molecule has 396 valence electrons. The maximum absolute atomic E-state index is 13.8. The van der Waals surface area contributed by atoms with Crippen LogP contribution >= 0.6 is 0 Å². The van der Waals surface area contributed by atoms with E-state index in [-0.39, 0.29) is 47.0 Å². The van der Waals surface area contributed by atoms with Crippen LogP contribution in [0.15, 0.2) is 30.3 Å². The number of anilines is 2. The van der Waals surface area contributed by atoms with Gasteiger partial charge in [-0.15, -0.1) is 0 Å². The van der Waals surface area contributed by atoms with Gasteiger partial charge in [0.1, 0.15) is 17.4 Å². The quantitative estimate of drug-likeness (QED) is 0.0581. The lowest BCUT2D eigenvalue weighted by Gasteiger charge is -2.33. The van der Waals surface area contributed by atoms with Crippen molar-refractivity contribution in [2.24, 2.45) is 28.0 Å². The molecule has 4 aromatic rings. The first-order valence-corrected chi connectivity index (χ1v) is 26.3. The molecular formula is C50H70F3N9O9S. The standard InChI is InChI=1S/C25H32F3N5O3.C24H34N4O3.CH4O3S/c1-24(2)10-9-16-19(12-24)33(32-22(16)25(26,27)28)14-7-8-15(23(30)35)18(11-14)31-17-5-3-4-6-20(17)36-21(34)13-29;1-5-16-15-9-10-24(2,3)13-19(15)28(27-16)14-11-18(26-17-7-6-8-20(17)29)22(23(25)30)21(12-14)31-4;1-5(2,3)4/h7-8,11,17,20,31H,3-6,9-10,12-13,29H2,1-2H3,(H2,30,35);11-12,17,20,26,29H,5-10,13H2,1-4H3,(H2,25,30);1H3,(H,2,3,4)/t;17-,20-;/m.0./s1. The highest BCUT2D eigenvalue weighted by atomic mass is 32.2. The number of benzene rings is 2. The highest BCUT2D eigenvalue weighted by Gasteiger charge is 2.42. The topological polar surface area (TPSA) is 282 Å². The van der Waals surface area contributed by atoms with E-state index in [9.17, 15) is 41.1 Å². The summed E-state index contributed by atoms with van der Waals surface area (Å²) in [5.41, 5.74) is 23.0. The number of rotatable bonds is 12. The molecule has 0 radical (unpaired) electrons. The van der Waals surface area contributed by atoms with Gasteiger partial charge < -0.3 is 42.4 Å². The van der Waals surface area contributed by atoms with Crippen molar-refractivity contribution in [1.29, 1.82) is 0 Å². The summed E-state index contributed by atoms with van der Waals surface area (Å²) >= 11 is 0. The smallest absolute Gasteiger partial charge is 0.435 e. The van der Waals surface area contributed by atoms with Gasteiger partial charge >= 0.3 is 12.1 Å². The lowest BCUT2D eigenvalue weighted by atomic mass is 9.76. The lowest BCUT2D eigenvalue weighted by Crippen LogP contribution is -2.41. The number of aliphatic hydroxyl groups excluding tert-OH is 1. The van der Waals surface area contributed by atoms with E-state index in [1.165, 1.54) is 22.0 Å². The predicted octanol–water partition coefficient (Wildman–Crippen LogP) is 6.62. The minimum Gasteiger partial charge on any atom is -0.496 e. The van der Waals surface area contributed by atoms with Crippen LogP contribution in [0.25, 0.3) is 11.4 Å². The summed E-state index contributed by atoms with van der Waals surface area (Å²) in [6, 6.07) is 7.96. The van der Waals surface area contributed by atoms with E-state index < -0.39 is 52.0 Å². The minimum atomic E-state index is -4.58. The van der Waals surface area contributed by atoms with Gasteiger partial charge in [0.05, 0.1) is 66.4 Å². The van der Waals surface area contributed by atoms with Crippen molar-refractivity contribution >= 4 is 39.3 Å². The monoisotopic (exact) mass is 1030 g/mol. The molecule has 2 aromatic heterocycles. The van der Waals surface area contributed by atoms with Gasteiger partial charge in [0, 0.05) is 28.7 Å². The van der Waals surface area contributed by atoms with Crippen LogP contribution in [0.5, 0.6) is 5.75 Å². The van der Waals surface area contributed by atoms with Crippen molar-refractivity contribution in [3.63, 3.8) is 0 Å². The molecule has 0 spiro atoms. The number of alkyl halides is 3. The Balaban J connectivity index is 0.000000217. The molecule has 0 saturated heterocycles. The van der Waals surface area contributed by atoms with Gasteiger partial charge in [-0.25, -0.2) is 9.36 Å². The molecule has 2 unspecified atom stereocenters. The maximum Gasteiger partial charge on any atom is 0.435 e. The van der Waals surface area contributed by atoms with E-state index in [0.717, 1.165) is 69.2 Å². The maximum atomic E-state index is 13.8. The van der Waals surface area contributed by atoms with Crippen molar-refractivity contribution < 1.29 is 55.1 Å². The number of amides is 2. The third-order valence-electron chi connectivity index (χ3n) is 13.9. The number of fused-ring (bicyclic) bond motifs is 2. The van der Waals surface area contributed by atoms with Gasteiger partial charge in [-0.3, -0.25) is 18.9 Å². The molecule has 2 amide bonds. The van der Waals surface area contributed by atoms with Crippen LogP contribution < -0.4 is 32.6 Å². The Morgan fingerprint density at radius 2 is 1.40 bits per heavy atom. The van der Waals surface area contributed by atoms with Crippen molar-refractivity contribution in [3.8, 4) is 17.1 Å². The van der Waals surface area contributed by atoms with Crippen molar-refractivity contribution in [1.82, 2.24) is 19.6 Å². The molecule has 2 saturated carbocycles. The fraction of sp³-hybridized carbons (Fsp3) is 0.580. The number of nitrogens with zero attached hydrogens (tertiary/aromatic N) is 4. The second kappa shape index (κ2) is 22.2. The molecule has 2 fully saturated rings. The van der Waals surface area contributed by atoms with E-state index >= 15 is 0 Å². The Bertz CT molecular complexity index is 2750. The zero-order valence-electron chi connectivity index (χ0n) is 42.1. The number of nitrogens with one attached hydrogen (secondary N) is 2. The number of hydrogen-bond acceptors (Lipinski definition) is 13. The van der Waals surface area contributed by atoms with Gasteiger partial charge in [0.25, 0.3) is 21.9 Å². The second-order valence-electron chi connectivity index (χ2n) is 20.8. The molecule has 2 aromatic carbocycles. The highest BCUT2D eigenvalue weighted by molar-refractivity contribution is 7.85. The predicted molar refractivity (Wildman–Crippen MR) is 266 cm³/mol. The molecule has 10 N–H and O–H groups in total. The molecule has 4 atom stereocenters. The number of esters is 1. The number of carbonyl (C=O) groups is 3. The van der Waals surface area contributed by atoms with E-state index in [1.807, 2.05) is 30.7 Å². The normalized spacial score (nSPS) is 21.1. The summed E-state index contributed by atoms with van der Waals surface area (Å²) in [4.78, 5) is 36.3. The van der Waals surface area contributed by atoms with Crippen LogP contribution in [0, 0.1) is 10.8 Å². The number of primary amides is 2. The summed E-state index contributed by atoms with van der Waals surface area (Å²) in [7, 11) is -2.13. The number of carbonyl (C=O) groups excluding carboxylic acids is 3. The average molecular weight is 1030 g/mol. The lowest BCUT2D eigenvalue weighted by molar-refractivity contribution is -0.149. The van der Waals surface area contributed by atoms with Crippen molar-refractivity contribution in [3.05, 3.63) is 75.4 Å². The van der Waals surface area contributed by atoms with Crippen LogP contribution in [-0.2, 0) is 57.9 Å². The molecular weight excluding hydrogens is 960 g/mol. The minimum absolute atomic E-state index is 0.116. The van der Waals surface area contributed by atoms with Crippen LogP contribution in [0.1, 0.15) is 147 Å². The fourth-order valence-electron chi connectivity index (χ4n) is 10.3. The van der Waals surface area contributed by atoms with Gasteiger partial charge in [-0.05, 0) is 124 Å². The molecule has 2 heterocycles. The summed E-state index contributed by atoms with van der Waals surface area (Å²) in [5, 5.41) is 25.9. The number of hydrogen-bond donors (Lipinski definition) is 7. The van der Waals surface area contributed by atoms with Gasteiger partial charge in [-0.2, -0.15) is 31.8 Å². The van der Waals surface area contributed by atoms with Gasteiger partial charge in [0.2, 0.25) is 0 Å². The third kappa shape index (κ3) is 13.5. The van der Waals surface area contributed by atoms with E-state index in [4.69, 9.17) is 36.3 Å². The first-order chi connectivity index (χ1) is 33.6. The number of ether oxygens (including phenoxy) is 2. The summed E-state index contributed by atoms with van der Waals surface area (Å²) in [6.45, 7) is 10.5. The Hall–Kier alpha value is -5.71. The fourth-order valence-corrected chi connectivity index (χ4v) is 10.3. The molecule has 0 aliphatic heterocycles. The first-order valence-electron chi connectivity index (χ1n) is 24.4. The Labute approximate surface area is 418 Å². The van der Waals surface area contributed by atoms with Crippen molar-refractivity contribution in [2.45, 2.75) is 155 Å². The molecule has 0 bridgehead atoms. The van der Waals surface area contributed by atoms with Crippen molar-refractivity contribution in [2.75, 3.05) is 30.5 Å². The molecule has 8 rings (SSSR count). The Kier molecular flexibility index (Phi) is 17.1. The number of nitrogens with two attached hydrogens (primary N) is 3. The molecule has 72 heavy (non-hydrogen) atoms. The van der Waals surface area contributed by atoms with Crippen LogP contribution in [0.2, 0.25) is 0 Å². The zero-order chi connectivity index (χ0) is 53.1. The van der Waals surface area contributed by atoms with Crippen LogP contribution in [-0.4, -0.2) is 99.6 Å². The third-order valence-corrected chi connectivity index (χ3v) is 13.9. The highest BCUT2D eigenvalue weighted by Crippen LogP contribution is 2.43. The Morgan fingerprint density at radius 1 is 0.833 bits per heavy atom. The number of aryl methyl sites for hydroxylation is 1. The molecule has 22 heteroatoms. The van der Waals surface area contributed by atoms with Crippen LogP contribution in [0.4, 0.5) is 24.5 Å². The summed E-state index contributed by atoms with van der Waals surface area (Å²) in [5.74, 6) is -1.35. The number of aromatic nitrogens is 4. The molecule has 4 aliphatic rings. The number of aliphatic hydroxyl groups is 1.